The van der Waals surface area contributed by atoms with E-state index in [1.54, 1.807) is 13.1 Å². The van der Waals surface area contributed by atoms with E-state index in [4.69, 9.17) is 9.15 Å². The first-order chi connectivity index (χ1) is 12.7. The number of benzene rings is 1. The van der Waals surface area contributed by atoms with E-state index in [0.29, 0.717) is 18.5 Å². The van der Waals surface area contributed by atoms with Gasteiger partial charge in [0, 0.05) is 6.04 Å². The summed E-state index contributed by atoms with van der Waals surface area (Å²) in [5.74, 6) is 0.229. The molecule has 0 amide bonds. The van der Waals surface area contributed by atoms with Crippen molar-refractivity contribution in [2.45, 2.75) is 32.2 Å². The Morgan fingerprint density at radius 3 is 2.81 bits per heavy atom. The topological polar surface area (TPSA) is 90.1 Å². The van der Waals surface area contributed by atoms with Crippen molar-refractivity contribution in [3.8, 4) is 10.8 Å². The van der Waals surface area contributed by atoms with Crippen LogP contribution >= 0.6 is 11.3 Å². The molecule has 4 rings (SSSR count). The van der Waals surface area contributed by atoms with Crippen molar-refractivity contribution in [3.63, 3.8) is 0 Å². The molecule has 0 spiro atoms. The van der Waals surface area contributed by atoms with E-state index < -0.39 is 0 Å². The molecule has 0 fully saturated rings. The summed E-state index contributed by atoms with van der Waals surface area (Å²) in [7, 11) is 0. The number of hydrogen-bond acceptors (Lipinski definition) is 8. The molecule has 0 unspecified atom stereocenters. The van der Waals surface area contributed by atoms with Gasteiger partial charge in [0.05, 0.1) is 12.8 Å². The van der Waals surface area contributed by atoms with Crippen molar-refractivity contribution in [3.05, 3.63) is 47.5 Å². The third kappa shape index (κ3) is 3.60. The van der Waals surface area contributed by atoms with E-state index in [9.17, 15) is 4.79 Å². The molecule has 0 radical (unpaired) electrons. The van der Waals surface area contributed by atoms with Crippen molar-refractivity contribution in [2.75, 3.05) is 11.9 Å². The standard InChI is InChI=1S/C18H18N4O3S/c1-2-24-16(23)9-15-21-22-17(25-15)14-10-19-18(26-14)20-13-7-11-5-3-4-6-12(11)8-13/h3-6,10,13H,2,7-9H2,1H3,(H,19,20). The lowest BCUT2D eigenvalue weighted by Gasteiger charge is -2.09. The number of thiazole rings is 1. The van der Waals surface area contributed by atoms with E-state index >= 15 is 0 Å². The molecule has 3 aromatic rings. The van der Waals surface area contributed by atoms with Crippen LogP contribution in [0.25, 0.3) is 10.8 Å². The van der Waals surface area contributed by atoms with E-state index in [0.717, 1.165) is 22.9 Å². The zero-order valence-corrected chi connectivity index (χ0v) is 15.1. The predicted molar refractivity (Wildman–Crippen MR) is 97.0 cm³/mol. The van der Waals surface area contributed by atoms with Crippen molar-refractivity contribution in [2.24, 2.45) is 0 Å². The average molecular weight is 370 g/mol. The van der Waals surface area contributed by atoms with Gasteiger partial charge in [-0.2, -0.15) is 0 Å². The lowest BCUT2D eigenvalue weighted by atomic mass is 10.1. The number of rotatable bonds is 6. The molecule has 1 aromatic carbocycles. The molecule has 0 atom stereocenters. The first-order valence-corrected chi connectivity index (χ1v) is 9.30. The Labute approximate surface area is 154 Å². The van der Waals surface area contributed by atoms with E-state index in [-0.39, 0.29) is 18.3 Å². The monoisotopic (exact) mass is 370 g/mol. The van der Waals surface area contributed by atoms with Crippen LogP contribution in [-0.2, 0) is 28.8 Å². The van der Waals surface area contributed by atoms with Gasteiger partial charge in [-0.15, -0.1) is 10.2 Å². The molecule has 0 aliphatic heterocycles. The number of anilines is 1. The van der Waals surface area contributed by atoms with Gasteiger partial charge >= 0.3 is 5.97 Å². The number of aromatic nitrogens is 3. The first kappa shape index (κ1) is 16.7. The van der Waals surface area contributed by atoms with E-state index in [2.05, 4.69) is 44.8 Å². The second-order valence-electron chi connectivity index (χ2n) is 6.03. The molecule has 26 heavy (non-hydrogen) atoms. The van der Waals surface area contributed by atoms with Gasteiger partial charge in [0.15, 0.2) is 5.13 Å². The summed E-state index contributed by atoms with van der Waals surface area (Å²) in [5, 5.41) is 12.2. The van der Waals surface area contributed by atoms with Gasteiger partial charge in [-0.1, -0.05) is 35.6 Å². The lowest BCUT2D eigenvalue weighted by Crippen LogP contribution is -2.19. The molecule has 134 valence electrons. The number of carbonyl (C=O) groups is 1. The third-order valence-corrected chi connectivity index (χ3v) is 5.08. The maximum Gasteiger partial charge on any atom is 0.315 e. The van der Waals surface area contributed by atoms with Gasteiger partial charge in [0.1, 0.15) is 11.3 Å². The molecular formula is C18H18N4O3S. The minimum absolute atomic E-state index is 0.0227. The summed E-state index contributed by atoms with van der Waals surface area (Å²) in [6.45, 7) is 2.08. The summed E-state index contributed by atoms with van der Waals surface area (Å²) in [5.41, 5.74) is 2.78. The molecule has 0 saturated carbocycles. The number of nitrogens with zero attached hydrogens (tertiary/aromatic N) is 3. The first-order valence-electron chi connectivity index (χ1n) is 8.48. The third-order valence-electron chi connectivity index (χ3n) is 4.16. The Morgan fingerprint density at radius 1 is 1.31 bits per heavy atom. The van der Waals surface area contributed by atoms with Crippen LogP contribution in [0.4, 0.5) is 5.13 Å². The van der Waals surface area contributed by atoms with Crippen LogP contribution in [0.1, 0.15) is 23.9 Å². The van der Waals surface area contributed by atoms with Crippen LogP contribution in [0.2, 0.25) is 0 Å². The largest absolute Gasteiger partial charge is 0.466 e. The number of ether oxygens (including phenoxy) is 1. The average Bonchev–Trinajstić information content (AvgIpc) is 3.34. The van der Waals surface area contributed by atoms with Crippen LogP contribution in [0, 0.1) is 0 Å². The molecule has 2 aromatic heterocycles. The number of fused-ring (bicyclic) bond motifs is 1. The summed E-state index contributed by atoms with van der Waals surface area (Å²) in [6.07, 6.45) is 3.67. The van der Waals surface area contributed by atoms with E-state index in [1.165, 1.54) is 22.5 Å². The molecule has 1 aliphatic rings. The number of carbonyl (C=O) groups excluding carboxylic acids is 1. The predicted octanol–water partition coefficient (Wildman–Crippen LogP) is 2.88. The fourth-order valence-electron chi connectivity index (χ4n) is 3.04. The Balaban J connectivity index is 1.39. The highest BCUT2D eigenvalue weighted by Gasteiger charge is 2.22. The quantitative estimate of drug-likeness (QED) is 0.667. The zero-order valence-electron chi connectivity index (χ0n) is 14.3. The molecule has 7 nitrogen and oxygen atoms in total. The highest BCUT2D eigenvalue weighted by molar-refractivity contribution is 7.18. The normalized spacial score (nSPS) is 13.6. The summed E-state index contributed by atoms with van der Waals surface area (Å²) in [6, 6.07) is 8.84. The fourth-order valence-corrected chi connectivity index (χ4v) is 3.85. The van der Waals surface area contributed by atoms with Crippen LogP contribution in [0.3, 0.4) is 0 Å². The van der Waals surface area contributed by atoms with Crippen LogP contribution in [0.5, 0.6) is 0 Å². The van der Waals surface area contributed by atoms with Gasteiger partial charge in [-0.05, 0) is 30.9 Å². The highest BCUT2D eigenvalue weighted by atomic mass is 32.1. The Morgan fingerprint density at radius 2 is 2.08 bits per heavy atom. The number of nitrogens with one attached hydrogen (secondary N) is 1. The van der Waals surface area contributed by atoms with Crippen molar-refractivity contribution in [1.29, 1.82) is 0 Å². The summed E-state index contributed by atoms with van der Waals surface area (Å²) >= 11 is 1.46. The fraction of sp³-hybridized carbons (Fsp3) is 0.333. The lowest BCUT2D eigenvalue weighted by molar-refractivity contribution is -0.142. The maximum atomic E-state index is 11.5. The van der Waals surface area contributed by atoms with Gasteiger partial charge in [-0.25, -0.2) is 4.98 Å². The number of esters is 1. The van der Waals surface area contributed by atoms with Crippen LogP contribution < -0.4 is 5.32 Å². The van der Waals surface area contributed by atoms with Gasteiger partial charge < -0.3 is 14.5 Å². The van der Waals surface area contributed by atoms with Gasteiger partial charge in [0.2, 0.25) is 5.89 Å². The van der Waals surface area contributed by atoms with Crippen LogP contribution in [-0.4, -0.2) is 33.8 Å². The zero-order chi connectivity index (χ0) is 17.9. The Hall–Kier alpha value is -2.74. The van der Waals surface area contributed by atoms with Gasteiger partial charge in [-0.3, -0.25) is 4.79 Å². The second kappa shape index (κ2) is 7.25. The van der Waals surface area contributed by atoms with Gasteiger partial charge in [0.25, 0.3) is 5.89 Å². The highest BCUT2D eigenvalue weighted by Crippen LogP contribution is 2.30. The molecule has 1 aliphatic carbocycles. The van der Waals surface area contributed by atoms with Crippen LogP contribution in [0.15, 0.2) is 34.9 Å². The molecule has 8 heteroatoms. The summed E-state index contributed by atoms with van der Waals surface area (Å²) in [4.78, 5) is 16.7. The van der Waals surface area contributed by atoms with E-state index in [1.807, 2.05) is 0 Å². The molecule has 1 N–H and O–H groups in total. The Bertz CT molecular complexity index is 896. The van der Waals surface area contributed by atoms with Crippen molar-refractivity contribution < 1.29 is 13.9 Å². The SMILES string of the molecule is CCOC(=O)Cc1nnc(-c2cnc(NC3Cc4ccccc4C3)s2)o1. The maximum absolute atomic E-state index is 11.5. The van der Waals surface area contributed by atoms with Crippen molar-refractivity contribution >= 4 is 22.4 Å². The molecular weight excluding hydrogens is 352 g/mol. The Kier molecular flexibility index (Phi) is 4.66. The second-order valence-corrected chi connectivity index (χ2v) is 7.06. The summed E-state index contributed by atoms with van der Waals surface area (Å²) < 4.78 is 10.4. The molecule has 0 bridgehead atoms. The smallest absolute Gasteiger partial charge is 0.315 e. The molecule has 2 heterocycles. The molecule has 0 saturated heterocycles. The minimum Gasteiger partial charge on any atom is -0.466 e. The minimum atomic E-state index is -0.379. The number of hydrogen-bond donors (Lipinski definition) is 1. The van der Waals surface area contributed by atoms with Crippen molar-refractivity contribution in [1.82, 2.24) is 15.2 Å².